The number of carbonyl (C=O) groups is 1. The molecule has 22 heavy (non-hydrogen) atoms. The summed E-state index contributed by atoms with van der Waals surface area (Å²) in [6, 6.07) is 6.28. The monoisotopic (exact) mass is 369 g/mol. The molecule has 1 amide bonds. The molecule has 2 N–H and O–H groups in total. The molecule has 1 unspecified atom stereocenters. The Balaban J connectivity index is 1.96. The zero-order valence-corrected chi connectivity index (χ0v) is 15.2. The number of hydrogen-bond donors (Lipinski definition) is 2. The van der Waals surface area contributed by atoms with Crippen molar-refractivity contribution < 1.29 is 14.4 Å². The number of methoxy groups -OCH3 is 1. The molecule has 122 valence electrons. The van der Waals surface area contributed by atoms with Crippen molar-refractivity contribution in [3.8, 4) is 5.75 Å². The average molecular weight is 370 g/mol. The molecule has 1 aromatic rings. The standard InChI is InChI=1S/C17H25BrN2O2/c1-12(17(21)19-15-6-4-5-7-15)20(2)11-13-10-14(18)8-9-16(13)22-3/h8-10,12,15H,4-7,11H2,1-3H3,(H,19,21)/p+1/t12-/m0/s1. The van der Waals surface area contributed by atoms with Crippen molar-refractivity contribution in [1.82, 2.24) is 5.32 Å². The van der Waals surface area contributed by atoms with Crippen LogP contribution in [0.5, 0.6) is 5.75 Å². The number of ether oxygens (including phenoxy) is 1. The predicted octanol–water partition coefficient (Wildman–Crippen LogP) is 1.92. The maximum Gasteiger partial charge on any atom is 0.278 e. The van der Waals surface area contributed by atoms with E-state index in [2.05, 4.69) is 34.4 Å². The Hall–Kier alpha value is -1.07. The van der Waals surface area contributed by atoms with E-state index in [0.29, 0.717) is 6.04 Å². The number of amides is 1. The van der Waals surface area contributed by atoms with Gasteiger partial charge in [-0.3, -0.25) is 4.79 Å². The second-order valence-corrected chi connectivity index (χ2v) is 7.11. The van der Waals surface area contributed by atoms with Crippen molar-refractivity contribution in [3.05, 3.63) is 28.2 Å². The summed E-state index contributed by atoms with van der Waals surface area (Å²) >= 11 is 3.50. The third kappa shape index (κ3) is 4.46. The van der Waals surface area contributed by atoms with Gasteiger partial charge in [0.1, 0.15) is 12.3 Å². The van der Waals surface area contributed by atoms with Crippen LogP contribution in [0.4, 0.5) is 0 Å². The molecule has 0 heterocycles. The van der Waals surface area contributed by atoms with Crippen LogP contribution in [0.1, 0.15) is 38.2 Å². The zero-order chi connectivity index (χ0) is 16.1. The number of likely N-dealkylation sites (N-methyl/N-ethyl adjacent to an activating group) is 1. The Morgan fingerprint density at radius 3 is 2.77 bits per heavy atom. The van der Waals surface area contributed by atoms with E-state index in [1.54, 1.807) is 7.11 Å². The fourth-order valence-corrected chi connectivity index (χ4v) is 3.37. The van der Waals surface area contributed by atoms with Crippen LogP contribution < -0.4 is 15.0 Å². The molecule has 1 aromatic carbocycles. The Labute approximate surface area is 141 Å². The van der Waals surface area contributed by atoms with Gasteiger partial charge in [0.25, 0.3) is 5.91 Å². The molecular weight excluding hydrogens is 344 g/mol. The van der Waals surface area contributed by atoms with Crippen molar-refractivity contribution in [2.75, 3.05) is 14.2 Å². The second kappa shape index (κ2) is 7.97. The van der Waals surface area contributed by atoms with Gasteiger partial charge in [0.05, 0.1) is 14.2 Å². The maximum atomic E-state index is 12.4. The van der Waals surface area contributed by atoms with Crippen LogP contribution >= 0.6 is 15.9 Å². The fourth-order valence-electron chi connectivity index (χ4n) is 2.96. The second-order valence-electron chi connectivity index (χ2n) is 6.19. The number of nitrogens with one attached hydrogen (secondary N) is 2. The molecule has 0 bridgehead atoms. The molecule has 0 radical (unpaired) electrons. The number of carbonyl (C=O) groups excluding carboxylic acids is 1. The lowest BCUT2D eigenvalue weighted by Crippen LogP contribution is -3.12. The van der Waals surface area contributed by atoms with Crippen molar-refractivity contribution >= 4 is 21.8 Å². The van der Waals surface area contributed by atoms with Gasteiger partial charge in [-0.25, -0.2) is 0 Å². The highest BCUT2D eigenvalue weighted by Crippen LogP contribution is 2.22. The number of benzene rings is 1. The largest absolute Gasteiger partial charge is 0.496 e. The molecule has 2 rings (SSSR count). The lowest BCUT2D eigenvalue weighted by atomic mass is 10.1. The molecule has 2 atom stereocenters. The molecule has 4 nitrogen and oxygen atoms in total. The Bertz CT molecular complexity index is 515. The highest BCUT2D eigenvalue weighted by atomic mass is 79.9. The third-order valence-corrected chi connectivity index (χ3v) is 5.04. The average Bonchev–Trinajstić information content (AvgIpc) is 2.99. The van der Waals surface area contributed by atoms with Crippen LogP contribution in [-0.2, 0) is 11.3 Å². The molecule has 0 aliphatic heterocycles. The van der Waals surface area contributed by atoms with E-state index >= 15 is 0 Å². The minimum absolute atomic E-state index is 0.0794. The first-order valence-electron chi connectivity index (χ1n) is 7.96. The maximum absolute atomic E-state index is 12.4. The number of hydrogen-bond acceptors (Lipinski definition) is 2. The van der Waals surface area contributed by atoms with Crippen LogP contribution in [0.2, 0.25) is 0 Å². The van der Waals surface area contributed by atoms with Crippen molar-refractivity contribution in [2.45, 2.75) is 51.2 Å². The van der Waals surface area contributed by atoms with Crippen LogP contribution in [-0.4, -0.2) is 32.1 Å². The van der Waals surface area contributed by atoms with Crippen molar-refractivity contribution in [3.63, 3.8) is 0 Å². The summed E-state index contributed by atoms with van der Waals surface area (Å²) in [4.78, 5) is 13.5. The predicted molar refractivity (Wildman–Crippen MR) is 91.1 cm³/mol. The van der Waals surface area contributed by atoms with Gasteiger partial charge in [-0.15, -0.1) is 0 Å². The molecule has 1 fully saturated rings. The van der Waals surface area contributed by atoms with Gasteiger partial charge in [0, 0.05) is 16.1 Å². The lowest BCUT2D eigenvalue weighted by Gasteiger charge is -2.23. The van der Waals surface area contributed by atoms with E-state index in [0.717, 1.165) is 40.1 Å². The Kier molecular flexibility index (Phi) is 6.26. The highest BCUT2D eigenvalue weighted by molar-refractivity contribution is 9.10. The first-order chi connectivity index (χ1) is 10.5. The Morgan fingerprint density at radius 1 is 1.45 bits per heavy atom. The third-order valence-electron chi connectivity index (χ3n) is 4.55. The molecule has 1 saturated carbocycles. The number of rotatable bonds is 6. The van der Waals surface area contributed by atoms with Gasteiger partial charge in [-0.05, 0) is 38.0 Å². The van der Waals surface area contributed by atoms with E-state index in [9.17, 15) is 4.79 Å². The summed E-state index contributed by atoms with van der Waals surface area (Å²) in [5.41, 5.74) is 1.11. The van der Waals surface area contributed by atoms with Crippen LogP contribution in [0.15, 0.2) is 22.7 Å². The summed E-state index contributed by atoms with van der Waals surface area (Å²) in [5, 5.41) is 3.19. The van der Waals surface area contributed by atoms with Gasteiger partial charge in [0.15, 0.2) is 6.04 Å². The fraction of sp³-hybridized carbons (Fsp3) is 0.588. The SMILES string of the molecule is COc1ccc(Br)cc1C[NH+](C)[C@@H](C)C(=O)NC1CCCC1. The summed E-state index contributed by atoms with van der Waals surface area (Å²) in [7, 11) is 3.73. The molecule has 5 heteroatoms. The van der Waals surface area contributed by atoms with Gasteiger partial charge in [0.2, 0.25) is 0 Å². The minimum atomic E-state index is -0.0794. The minimum Gasteiger partial charge on any atom is -0.496 e. The van der Waals surface area contributed by atoms with Crippen molar-refractivity contribution in [1.29, 1.82) is 0 Å². The zero-order valence-electron chi connectivity index (χ0n) is 13.6. The van der Waals surface area contributed by atoms with E-state index in [1.165, 1.54) is 12.8 Å². The van der Waals surface area contributed by atoms with E-state index in [-0.39, 0.29) is 11.9 Å². The van der Waals surface area contributed by atoms with Gasteiger partial charge >= 0.3 is 0 Å². The topological polar surface area (TPSA) is 42.8 Å². The van der Waals surface area contributed by atoms with Crippen molar-refractivity contribution in [2.24, 2.45) is 0 Å². The quantitative estimate of drug-likeness (QED) is 0.804. The van der Waals surface area contributed by atoms with E-state index in [4.69, 9.17) is 4.74 Å². The molecule has 0 saturated heterocycles. The molecule has 1 aliphatic rings. The first kappa shape index (κ1) is 17.3. The smallest absolute Gasteiger partial charge is 0.278 e. The van der Waals surface area contributed by atoms with Crippen LogP contribution in [0, 0.1) is 0 Å². The molecule has 0 spiro atoms. The van der Waals surface area contributed by atoms with Gasteiger partial charge in [-0.1, -0.05) is 28.8 Å². The Morgan fingerprint density at radius 2 is 2.14 bits per heavy atom. The molecule has 0 aromatic heterocycles. The molecular formula is C17H26BrN2O2+. The van der Waals surface area contributed by atoms with E-state index < -0.39 is 0 Å². The van der Waals surface area contributed by atoms with E-state index in [1.807, 2.05) is 19.1 Å². The van der Waals surface area contributed by atoms with Crippen LogP contribution in [0.3, 0.4) is 0 Å². The number of halogens is 1. The highest BCUT2D eigenvalue weighted by Gasteiger charge is 2.26. The summed E-state index contributed by atoms with van der Waals surface area (Å²) in [6.07, 6.45) is 4.71. The number of quaternary nitrogens is 1. The summed E-state index contributed by atoms with van der Waals surface area (Å²) in [5.74, 6) is 1.02. The normalized spacial score (nSPS) is 18.0. The van der Waals surface area contributed by atoms with Gasteiger partial charge < -0.3 is 15.0 Å². The summed E-state index contributed by atoms with van der Waals surface area (Å²) in [6.45, 7) is 2.74. The lowest BCUT2D eigenvalue weighted by molar-refractivity contribution is -0.908. The molecule has 1 aliphatic carbocycles. The van der Waals surface area contributed by atoms with Gasteiger partial charge in [-0.2, -0.15) is 0 Å². The summed E-state index contributed by atoms with van der Waals surface area (Å²) < 4.78 is 6.44. The van der Waals surface area contributed by atoms with Crippen LogP contribution in [0.25, 0.3) is 0 Å². The first-order valence-corrected chi connectivity index (χ1v) is 8.75.